The quantitative estimate of drug-likeness (QED) is 0.0402. The third kappa shape index (κ3) is 29.5. The SMILES string of the molecule is CCCCCCCCC=CCCCCCCCC(=O)OC(=O)OCC(CCCCCC)CCCCCCCC. The Bertz CT molecular complexity index is 557. The predicted molar refractivity (Wildman–Crippen MR) is 167 cm³/mol. The van der Waals surface area contributed by atoms with Crippen molar-refractivity contribution < 1.29 is 19.1 Å². The van der Waals surface area contributed by atoms with Gasteiger partial charge in [-0.2, -0.15) is 0 Å². The average molecular weight is 551 g/mol. The number of unbranched alkanes of at least 4 members (excludes halogenated alkanes) is 19. The summed E-state index contributed by atoms with van der Waals surface area (Å²) < 4.78 is 10.3. The third-order valence-corrected chi connectivity index (χ3v) is 7.71. The summed E-state index contributed by atoms with van der Waals surface area (Å²) in [5.41, 5.74) is 0. The Kier molecular flexibility index (Phi) is 30.2. The van der Waals surface area contributed by atoms with Gasteiger partial charge in [-0.25, -0.2) is 4.79 Å². The number of hydrogen-bond donors (Lipinski definition) is 0. The Morgan fingerprint density at radius 1 is 0.538 bits per heavy atom. The lowest BCUT2D eigenvalue weighted by Crippen LogP contribution is -2.18. The monoisotopic (exact) mass is 550 g/mol. The number of hydrogen-bond acceptors (Lipinski definition) is 4. The minimum Gasteiger partial charge on any atom is -0.434 e. The van der Waals surface area contributed by atoms with E-state index in [1.54, 1.807) is 0 Å². The zero-order valence-corrected chi connectivity index (χ0v) is 26.5. The van der Waals surface area contributed by atoms with Gasteiger partial charge in [0.05, 0.1) is 6.61 Å². The van der Waals surface area contributed by atoms with Crippen LogP contribution < -0.4 is 0 Å². The Morgan fingerprint density at radius 3 is 1.46 bits per heavy atom. The fourth-order valence-electron chi connectivity index (χ4n) is 5.08. The fraction of sp³-hybridized carbons (Fsp3) is 0.886. The summed E-state index contributed by atoms with van der Waals surface area (Å²) in [7, 11) is 0. The molecule has 0 aromatic heterocycles. The Balaban J connectivity index is 3.83. The molecule has 0 aliphatic carbocycles. The molecule has 0 spiro atoms. The summed E-state index contributed by atoms with van der Waals surface area (Å²) in [5, 5.41) is 0. The first-order chi connectivity index (χ1) is 19.1. The van der Waals surface area contributed by atoms with Crippen LogP contribution in [0.3, 0.4) is 0 Å². The van der Waals surface area contributed by atoms with Gasteiger partial charge in [0.2, 0.25) is 0 Å². The minimum absolute atomic E-state index is 0.297. The van der Waals surface area contributed by atoms with E-state index < -0.39 is 12.1 Å². The molecule has 0 aliphatic rings. The van der Waals surface area contributed by atoms with Crippen molar-refractivity contribution in [3.8, 4) is 0 Å². The first-order valence-corrected chi connectivity index (χ1v) is 17.2. The first-order valence-electron chi connectivity index (χ1n) is 17.2. The van der Waals surface area contributed by atoms with E-state index in [1.165, 1.54) is 122 Å². The van der Waals surface area contributed by atoms with Crippen LogP contribution in [-0.2, 0) is 14.3 Å². The summed E-state index contributed by atoms with van der Waals surface area (Å²) in [4.78, 5) is 24.1. The number of esters is 1. The molecule has 0 bridgehead atoms. The van der Waals surface area contributed by atoms with Gasteiger partial charge in [-0.1, -0.05) is 148 Å². The molecular weight excluding hydrogens is 484 g/mol. The van der Waals surface area contributed by atoms with E-state index in [-0.39, 0.29) is 0 Å². The molecular formula is C35H66O4. The predicted octanol–water partition coefficient (Wildman–Crippen LogP) is 12.0. The van der Waals surface area contributed by atoms with Gasteiger partial charge in [0.25, 0.3) is 0 Å². The molecule has 4 heteroatoms. The van der Waals surface area contributed by atoms with Crippen LogP contribution in [-0.4, -0.2) is 18.7 Å². The normalized spacial score (nSPS) is 12.2. The number of carbonyl (C=O) groups is 2. The van der Waals surface area contributed by atoms with Crippen molar-refractivity contribution >= 4 is 12.1 Å². The van der Waals surface area contributed by atoms with E-state index >= 15 is 0 Å². The molecule has 0 aromatic carbocycles. The molecule has 0 aliphatic heterocycles. The van der Waals surface area contributed by atoms with Crippen LogP contribution in [0.15, 0.2) is 12.2 Å². The van der Waals surface area contributed by atoms with E-state index in [0.717, 1.165) is 38.5 Å². The Labute approximate surface area is 243 Å². The molecule has 4 nitrogen and oxygen atoms in total. The number of ether oxygens (including phenoxy) is 2. The Morgan fingerprint density at radius 2 is 0.949 bits per heavy atom. The summed E-state index contributed by atoms with van der Waals surface area (Å²) >= 11 is 0. The molecule has 0 amide bonds. The number of rotatable bonds is 29. The summed E-state index contributed by atoms with van der Waals surface area (Å²) in [6.45, 7) is 7.10. The van der Waals surface area contributed by atoms with Crippen LogP contribution in [0.4, 0.5) is 4.79 Å². The van der Waals surface area contributed by atoms with Gasteiger partial charge < -0.3 is 9.47 Å². The maximum atomic E-state index is 12.1. The maximum absolute atomic E-state index is 12.1. The van der Waals surface area contributed by atoms with Crippen LogP contribution in [0.1, 0.15) is 188 Å². The van der Waals surface area contributed by atoms with E-state index in [4.69, 9.17) is 9.47 Å². The van der Waals surface area contributed by atoms with E-state index in [2.05, 4.69) is 32.9 Å². The van der Waals surface area contributed by atoms with Crippen molar-refractivity contribution in [2.45, 2.75) is 188 Å². The van der Waals surface area contributed by atoms with Gasteiger partial charge in [-0.3, -0.25) is 4.79 Å². The zero-order valence-electron chi connectivity index (χ0n) is 26.5. The molecule has 0 fully saturated rings. The lowest BCUT2D eigenvalue weighted by atomic mass is 9.95. The van der Waals surface area contributed by atoms with Gasteiger partial charge in [-0.15, -0.1) is 0 Å². The lowest BCUT2D eigenvalue weighted by molar-refractivity contribution is -0.140. The maximum Gasteiger partial charge on any atom is 0.516 e. The van der Waals surface area contributed by atoms with Crippen molar-refractivity contribution in [1.82, 2.24) is 0 Å². The second-order valence-electron chi connectivity index (χ2n) is 11.6. The van der Waals surface area contributed by atoms with Crippen molar-refractivity contribution in [3.63, 3.8) is 0 Å². The molecule has 39 heavy (non-hydrogen) atoms. The topological polar surface area (TPSA) is 52.6 Å². The van der Waals surface area contributed by atoms with Crippen molar-refractivity contribution in [2.24, 2.45) is 5.92 Å². The summed E-state index contributed by atoms with van der Waals surface area (Å²) in [6.07, 6.45) is 34.7. The van der Waals surface area contributed by atoms with Crippen LogP contribution in [0, 0.1) is 5.92 Å². The molecule has 0 radical (unpaired) electrons. The van der Waals surface area contributed by atoms with Gasteiger partial charge in [0.15, 0.2) is 0 Å². The van der Waals surface area contributed by atoms with Crippen LogP contribution in [0.5, 0.6) is 0 Å². The van der Waals surface area contributed by atoms with Crippen molar-refractivity contribution in [3.05, 3.63) is 12.2 Å². The number of allylic oxidation sites excluding steroid dienone is 2. The highest BCUT2D eigenvalue weighted by molar-refractivity contribution is 5.81. The lowest BCUT2D eigenvalue weighted by Gasteiger charge is -2.16. The number of carbonyl (C=O) groups excluding carboxylic acids is 2. The Hall–Kier alpha value is -1.32. The second-order valence-corrected chi connectivity index (χ2v) is 11.6. The van der Waals surface area contributed by atoms with E-state index in [9.17, 15) is 9.59 Å². The molecule has 0 N–H and O–H groups in total. The average Bonchev–Trinajstić information content (AvgIpc) is 2.93. The van der Waals surface area contributed by atoms with Gasteiger partial charge >= 0.3 is 12.1 Å². The van der Waals surface area contributed by atoms with Crippen LogP contribution in [0.2, 0.25) is 0 Å². The van der Waals surface area contributed by atoms with Gasteiger partial charge in [0, 0.05) is 6.42 Å². The summed E-state index contributed by atoms with van der Waals surface area (Å²) in [5.74, 6) is -0.0749. The largest absolute Gasteiger partial charge is 0.516 e. The third-order valence-electron chi connectivity index (χ3n) is 7.71. The van der Waals surface area contributed by atoms with Gasteiger partial charge in [0.1, 0.15) is 0 Å². The first kappa shape index (κ1) is 37.7. The van der Waals surface area contributed by atoms with E-state index in [0.29, 0.717) is 18.9 Å². The van der Waals surface area contributed by atoms with Crippen molar-refractivity contribution in [2.75, 3.05) is 6.61 Å². The van der Waals surface area contributed by atoms with E-state index in [1.807, 2.05) is 0 Å². The zero-order chi connectivity index (χ0) is 28.7. The fourth-order valence-corrected chi connectivity index (χ4v) is 5.08. The second kappa shape index (κ2) is 31.2. The van der Waals surface area contributed by atoms with Crippen LogP contribution >= 0.6 is 0 Å². The van der Waals surface area contributed by atoms with Crippen LogP contribution in [0.25, 0.3) is 0 Å². The van der Waals surface area contributed by atoms with Gasteiger partial charge in [-0.05, 0) is 50.9 Å². The molecule has 1 atom stereocenters. The highest BCUT2D eigenvalue weighted by atomic mass is 16.7. The molecule has 1 unspecified atom stereocenters. The minimum atomic E-state index is -0.811. The smallest absolute Gasteiger partial charge is 0.434 e. The molecule has 230 valence electrons. The molecule has 0 aromatic rings. The molecule has 0 saturated heterocycles. The summed E-state index contributed by atoms with van der Waals surface area (Å²) in [6, 6.07) is 0. The highest BCUT2D eigenvalue weighted by Crippen LogP contribution is 2.20. The highest BCUT2D eigenvalue weighted by Gasteiger charge is 2.15. The standard InChI is InChI=1S/C35H66O4/c1-4-7-10-13-15-16-17-18-19-20-21-22-23-25-28-31-34(36)39-35(37)38-32-33(29-26-12-9-6-3)30-27-24-14-11-8-5-2/h18-19,33H,4-17,20-32H2,1-3H3. The molecule has 0 heterocycles. The molecule has 0 saturated carbocycles. The molecule has 0 rings (SSSR count). The van der Waals surface area contributed by atoms with Crippen molar-refractivity contribution in [1.29, 1.82) is 0 Å².